The van der Waals surface area contributed by atoms with Crippen molar-refractivity contribution < 1.29 is 14.1 Å². The van der Waals surface area contributed by atoms with Gasteiger partial charge in [0.1, 0.15) is 0 Å². The van der Waals surface area contributed by atoms with Gasteiger partial charge >= 0.3 is 0 Å². The SMILES string of the molecule is COC[C@H](C)NC(=O)c1cc(-c2ccccc2)on1. The topological polar surface area (TPSA) is 64.4 Å². The maximum absolute atomic E-state index is 11.9. The first-order valence-corrected chi connectivity index (χ1v) is 6.02. The third kappa shape index (κ3) is 3.42. The number of ether oxygens (including phenoxy) is 1. The first-order valence-electron chi connectivity index (χ1n) is 6.02. The molecule has 0 unspecified atom stereocenters. The standard InChI is InChI=1S/C14H16N2O3/c1-10(9-18-2)15-14(17)12-8-13(19-16-12)11-6-4-3-5-7-11/h3-8,10H,9H2,1-2H3,(H,15,17)/t10-/m0/s1. The third-order valence-corrected chi connectivity index (χ3v) is 2.60. The van der Waals surface area contributed by atoms with Crippen molar-refractivity contribution >= 4 is 5.91 Å². The van der Waals surface area contributed by atoms with E-state index in [2.05, 4.69) is 10.5 Å². The predicted molar refractivity (Wildman–Crippen MR) is 70.7 cm³/mol. The zero-order valence-corrected chi connectivity index (χ0v) is 10.9. The molecular weight excluding hydrogens is 244 g/mol. The van der Waals surface area contributed by atoms with Crippen LogP contribution in [0.4, 0.5) is 0 Å². The van der Waals surface area contributed by atoms with Crippen molar-refractivity contribution in [3.05, 3.63) is 42.1 Å². The van der Waals surface area contributed by atoms with Gasteiger partial charge in [0.05, 0.1) is 6.61 Å². The average Bonchev–Trinajstić information content (AvgIpc) is 2.89. The molecule has 100 valence electrons. The molecular formula is C14H16N2O3. The van der Waals surface area contributed by atoms with Gasteiger partial charge in [-0.05, 0) is 6.92 Å². The summed E-state index contributed by atoms with van der Waals surface area (Å²) in [4.78, 5) is 11.9. The Morgan fingerprint density at radius 1 is 1.42 bits per heavy atom. The Hall–Kier alpha value is -2.14. The van der Waals surface area contributed by atoms with E-state index in [1.54, 1.807) is 13.2 Å². The highest BCUT2D eigenvalue weighted by Gasteiger charge is 2.15. The molecule has 1 N–H and O–H groups in total. The number of benzene rings is 1. The molecule has 0 aliphatic rings. The van der Waals surface area contributed by atoms with Crippen molar-refractivity contribution in [2.45, 2.75) is 13.0 Å². The van der Waals surface area contributed by atoms with Crippen LogP contribution in [0.3, 0.4) is 0 Å². The molecule has 1 aromatic carbocycles. The summed E-state index contributed by atoms with van der Waals surface area (Å²) in [5.74, 6) is 0.306. The number of carbonyl (C=O) groups is 1. The van der Waals surface area contributed by atoms with Crippen LogP contribution in [0.2, 0.25) is 0 Å². The van der Waals surface area contributed by atoms with Gasteiger partial charge in [0.25, 0.3) is 5.91 Å². The van der Waals surface area contributed by atoms with Crippen LogP contribution in [0.5, 0.6) is 0 Å². The molecule has 0 aliphatic carbocycles. The summed E-state index contributed by atoms with van der Waals surface area (Å²) < 4.78 is 10.1. The maximum atomic E-state index is 11.9. The van der Waals surface area contributed by atoms with E-state index in [-0.39, 0.29) is 17.6 Å². The van der Waals surface area contributed by atoms with E-state index in [0.717, 1.165) is 5.56 Å². The van der Waals surface area contributed by atoms with Crippen LogP contribution < -0.4 is 5.32 Å². The lowest BCUT2D eigenvalue weighted by atomic mass is 10.1. The highest BCUT2D eigenvalue weighted by atomic mass is 16.5. The Morgan fingerprint density at radius 2 is 2.16 bits per heavy atom. The van der Waals surface area contributed by atoms with Gasteiger partial charge in [-0.3, -0.25) is 4.79 Å². The van der Waals surface area contributed by atoms with Crippen LogP contribution in [0.1, 0.15) is 17.4 Å². The largest absolute Gasteiger partial charge is 0.383 e. The van der Waals surface area contributed by atoms with E-state index in [1.807, 2.05) is 37.3 Å². The molecule has 0 aliphatic heterocycles. The van der Waals surface area contributed by atoms with E-state index in [1.165, 1.54) is 0 Å². The number of carbonyl (C=O) groups excluding carboxylic acids is 1. The summed E-state index contributed by atoms with van der Waals surface area (Å²) in [5, 5.41) is 6.55. The van der Waals surface area contributed by atoms with E-state index in [9.17, 15) is 4.79 Å². The minimum Gasteiger partial charge on any atom is -0.383 e. The molecule has 5 heteroatoms. The number of hydrogen-bond donors (Lipinski definition) is 1. The van der Waals surface area contributed by atoms with Crippen molar-refractivity contribution in [1.82, 2.24) is 10.5 Å². The van der Waals surface area contributed by atoms with Crippen LogP contribution in [0.15, 0.2) is 40.9 Å². The molecule has 1 heterocycles. The third-order valence-electron chi connectivity index (χ3n) is 2.60. The normalized spacial score (nSPS) is 12.1. The molecule has 1 amide bonds. The second kappa shape index (κ2) is 6.15. The summed E-state index contributed by atoms with van der Waals surface area (Å²) in [5.41, 5.74) is 1.15. The lowest BCUT2D eigenvalue weighted by Crippen LogP contribution is -2.35. The summed E-state index contributed by atoms with van der Waals surface area (Å²) in [6.07, 6.45) is 0. The van der Waals surface area contributed by atoms with Crippen molar-refractivity contribution in [2.24, 2.45) is 0 Å². The number of nitrogens with one attached hydrogen (secondary N) is 1. The number of methoxy groups -OCH3 is 1. The molecule has 1 atom stereocenters. The molecule has 2 aromatic rings. The van der Waals surface area contributed by atoms with Gasteiger partial charge in [-0.1, -0.05) is 35.5 Å². The van der Waals surface area contributed by atoms with Gasteiger partial charge in [0.15, 0.2) is 11.5 Å². The van der Waals surface area contributed by atoms with Crippen LogP contribution in [-0.4, -0.2) is 30.8 Å². The number of nitrogens with zero attached hydrogens (tertiary/aromatic N) is 1. The Kier molecular flexibility index (Phi) is 4.30. The lowest BCUT2D eigenvalue weighted by molar-refractivity contribution is 0.0896. The minimum absolute atomic E-state index is 0.0747. The van der Waals surface area contributed by atoms with Gasteiger partial charge in [0.2, 0.25) is 0 Å². The van der Waals surface area contributed by atoms with E-state index in [4.69, 9.17) is 9.26 Å². The molecule has 1 aromatic heterocycles. The fraction of sp³-hybridized carbons (Fsp3) is 0.286. The molecule has 2 rings (SSSR count). The highest BCUT2D eigenvalue weighted by molar-refractivity contribution is 5.93. The Balaban J connectivity index is 2.07. The van der Waals surface area contributed by atoms with Crippen LogP contribution >= 0.6 is 0 Å². The molecule has 19 heavy (non-hydrogen) atoms. The number of hydrogen-bond acceptors (Lipinski definition) is 4. The quantitative estimate of drug-likeness (QED) is 0.894. The summed E-state index contributed by atoms with van der Waals surface area (Å²) in [6, 6.07) is 11.1. The molecule has 0 saturated heterocycles. The van der Waals surface area contributed by atoms with Gasteiger partial charge in [-0.15, -0.1) is 0 Å². The lowest BCUT2D eigenvalue weighted by Gasteiger charge is -2.10. The fourth-order valence-corrected chi connectivity index (χ4v) is 1.71. The average molecular weight is 260 g/mol. The van der Waals surface area contributed by atoms with E-state index >= 15 is 0 Å². The maximum Gasteiger partial charge on any atom is 0.273 e. The molecule has 5 nitrogen and oxygen atoms in total. The van der Waals surface area contributed by atoms with Gasteiger partial charge < -0.3 is 14.6 Å². The van der Waals surface area contributed by atoms with Crippen LogP contribution in [0.25, 0.3) is 11.3 Å². The van der Waals surface area contributed by atoms with Gasteiger partial charge in [-0.2, -0.15) is 0 Å². The Bertz CT molecular complexity index is 537. The van der Waals surface area contributed by atoms with Crippen molar-refractivity contribution in [3.8, 4) is 11.3 Å². The summed E-state index contributed by atoms with van der Waals surface area (Å²) in [7, 11) is 1.59. The molecule has 0 bridgehead atoms. The monoisotopic (exact) mass is 260 g/mol. The molecule has 0 spiro atoms. The van der Waals surface area contributed by atoms with E-state index < -0.39 is 0 Å². The fourth-order valence-electron chi connectivity index (χ4n) is 1.71. The Labute approximate surface area is 111 Å². The number of rotatable bonds is 5. The Morgan fingerprint density at radius 3 is 2.84 bits per heavy atom. The molecule has 0 fully saturated rings. The van der Waals surface area contributed by atoms with Crippen molar-refractivity contribution in [3.63, 3.8) is 0 Å². The first kappa shape index (κ1) is 13.3. The van der Waals surface area contributed by atoms with Gasteiger partial charge in [0, 0.05) is 24.8 Å². The summed E-state index contributed by atoms with van der Waals surface area (Å²) >= 11 is 0. The molecule has 0 radical (unpaired) electrons. The van der Waals surface area contributed by atoms with Gasteiger partial charge in [-0.25, -0.2) is 0 Å². The number of amides is 1. The van der Waals surface area contributed by atoms with Crippen molar-refractivity contribution in [2.75, 3.05) is 13.7 Å². The minimum atomic E-state index is -0.268. The van der Waals surface area contributed by atoms with Crippen LogP contribution in [0, 0.1) is 0 Å². The highest BCUT2D eigenvalue weighted by Crippen LogP contribution is 2.19. The summed E-state index contributed by atoms with van der Waals surface area (Å²) in [6.45, 7) is 2.31. The number of aromatic nitrogens is 1. The van der Waals surface area contributed by atoms with Crippen LogP contribution in [-0.2, 0) is 4.74 Å². The zero-order valence-electron chi connectivity index (χ0n) is 10.9. The zero-order chi connectivity index (χ0) is 13.7. The first-order chi connectivity index (χ1) is 9.20. The molecule has 0 saturated carbocycles. The van der Waals surface area contributed by atoms with E-state index in [0.29, 0.717) is 12.4 Å². The van der Waals surface area contributed by atoms with Crippen molar-refractivity contribution in [1.29, 1.82) is 0 Å². The second-order valence-corrected chi connectivity index (χ2v) is 4.27. The predicted octanol–water partition coefficient (Wildman–Crippen LogP) is 2.11. The second-order valence-electron chi connectivity index (χ2n) is 4.27. The smallest absolute Gasteiger partial charge is 0.273 e.